The Kier molecular flexibility index (Phi) is 4.01. The van der Waals surface area contributed by atoms with Crippen LogP contribution < -0.4 is 5.32 Å². The number of benzene rings is 1. The lowest BCUT2D eigenvalue weighted by molar-refractivity contribution is 0.0620. The molecular formula is C23H25N3O. The number of nitrogens with one attached hydrogen (secondary N) is 1. The molecule has 0 radical (unpaired) electrons. The van der Waals surface area contributed by atoms with Crippen LogP contribution in [0.15, 0.2) is 54.7 Å². The number of piperidine rings is 3. The summed E-state index contributed by atoms with van der Waals surface area (Å²) in [6.45, 7) is 5.48. The van der Waals surface area contributed by atoms with Crippen molar-refractivity contribution in [2.24, 2.45) is 5.92 Å². The van der Waals surface area contributed by atoms with E-state index in [0.717, 1.165) is 23.3 Å². The van der Waals surface area contributed by atoms with Gasteiger partial charge in [-0.15, -0.1) is 0 Å². The molecule has 4 heteroatoms. The van der Waals surface area contributed by atoms with Crippen LogP contribution in [0.2, 0.25) is 0 Å². The molecule has 1 aromatic carbocycles. The topological polar surface area (TPSA) is 36.8 Å². The van der Waals surface area contributed by atoms with E-state index in [1.165, 1.54) is 37.1 Å². The first kappa shape index (κ1) is 16.6. The summed E-state index contributed by atoms with van der Waals surface area (Å²) in [5.41, 5.74) is 5.30. The third kappa shape index (κ3) is 3.04. The second-order valence-corrected chi connectivity index (χ2v) is 8.02. The average molecular weight is 359 g/mol. The number of aromatic nitrogens is 1. The summed E-state index contributed by atoms with van der Waals surface area (Å²) in [6.07, 6.45) is 4.39. The van der Waals surface area contributed by atoms with Gasteiger partial charge in [-0.2, -0.15) is 0 Å². The number of aryl methyl sites for hydroxylation is 1. The lowest BCUT2D eigenvalue weighted by Gasteiger charge is -2.44. The summed E-state index contributed by atoms with van der Waals surface area (Å²) in [5, 5.41) is 3.30. The molecule has 0 spiro atoms. The van der Waals surface area contributed by atoms with Gasteiger partial charge in [0.05, 0.1) is 11.3 Å². The van der Waals surface area contributed by atoms with Crippen molar-refractivity contribution in [2.75, 3.05) is 19.6 Å². The molecule has 2 aromatic heterocycles. The molecule has 1 atom stereocenters. The van der Waals surface area contributed by atoms with Crippen LogP contribution >= 0.6 is 0 Å². The van der Waals surface area contributed by atoms with E-state index in [2.05, 4.69) is 64.0 Å². The van der Waals surface area contributed by atoms with E-state index < -0.39 is 0 Å². The summed E-state index contributed by atoms with van der Waals surface area (Å²) < 4.78 is 2.13. The van der Waals surface area contributed by atoms with Gasteiger partial charge in [0.15, 0.2) is 0 Å². The number of amides is 1. The summed E-state index contributed by atoms with van der Waals surface area (Å²) in [4.78, 5) is 15.4. The van der Waals surface area contributed by atoms with Gasteiger partial charge in [0.2, 0.25) is 0 Å². The molecule has 1 amide bonds. The molecule has 0 saturated carbocycles. The highest BCUT2D eigenvalue weighted by atomic mass is 16.1. The van der Waals surface area contributed by atoms with Gasteiger partial charge in [-0.05, 0) is 68.6 Å². The Balaban J connectivity index is 1.44. The molecule has 3 aromatic rings. The van der Waals surface area contributed by atoms with Crippen molar-refractivity contribution in [1.82, 2.24) is 14.6 Å². The maximum Gasteiger partial charge on any atom is 0.253 e. The van der Waals surface area contributed by atoms with Crippen LogP contribution in [0.25, 0.3) is 16.8 Å². The van der Waals surface area contributed by atoms with Crippen LogP contribution in [-0.2, 0) is 0 Å². The maximum atomic E-state index is 12.9. The lowest BCUT2D eigenvalue weighted by atomic mass is 9.84. The minimum absolute atomic E-state index is 0.0487. The van der Waals surface area contributed by atoms with Crippen molar-refractivity contribution in [3.63, 3.8) is 0 Å². The molecule has 27 heavy (non-hydrogen) atoms. The average Bonchev–Trinajstić information content (AvgIpc) is 3.13. The minimum Gasteiger partial charge on any atom is -0.348 e. The highest BCUT2D eigenvalue weighted by Crippen LogP contribution is 2.28. The lowest BCUT2D eigenvalue weighted by Crippen LogP contribution is -2.57. The van der Waals surface area contributed by atoms with Crippen LogP contribution in [0.4, 0.5) is 0 Å². The van der Waals surface area contributed by atoms with Crippen LogP contribution in [-0.4, -0.2) is 40.9 Å². The molecule has 0 unspecified atom stereocenters. The number of carbonyl (C=O) groups is 1. The number of nitrogens with zero attached hydrogens (tertiary/aromatic N) is 2. The van der Waals surface area contributed by atoms with Gasteiger partial charge >= 0.3 is 0 Å². The van der Waals surface area contributed by atoms with Crippen molar-refractivity contribution < 1.29 is 4.79 Å². The second-order valence-electron chi connectivity index (χ2n) is 8.02. The molecule has 3 saturated heterocycles. The number of pyridine rings is 1. The number of hydrogen-bond donors (Lipinski definition) is 1. The summed E-state index contributed by atoms with van der Waals surface area (Å²) >= 11 is 0. The van der Waals surface area contributed by atoms with E-state index in [-0.39, 0.29) is 5.91 Å². The smallest absolute Gasteiger partial charge is 0.253 e. The Morgan fingerprint density at radius 1 is 1.07 bits per heavy atom. The molecular weight excluding hydrogens is 334 g/mol. The molecule has 2 bridgehead atoms. The fraction of sp³-hybridized carbons (Fsp3) is 0.348. The third-order valence-corrected chi connectivity index (χ3v) is 6.18. The second kappa shape index (κ2) is 6.54. The highest BCUT2D eigenvalue weighted by molar-refractivity contribution is 5.96. The molecule has 3 fully saturated rings. The Hall–Kier alpha value is -2.59. The van der Waals surface area contributed by atoms with Gasteiger partial charge in [-0.1, -0.05) is 29.8 Å². The van der Waals surface area contributed by atoms with Crippen LogP contribution in [0, 0.1) is 12.8 Å². The summed E-state index contributed by atoms with van der Waals surface area (Å²) in [6, 6.07) is 17.0. The monoisotopic (exact) mass is 359 g/mol. The first-order valence-corrected chi connectivity index (χ1v) is 9.89. The first-order chi connectivity index (χ1) is 13.2. The van der Waals surface area contributed by atoms with E-state index in [1.807, 2.05) is 12.3 Å². The first-order valence-electron chi connectivity index (χ1n) is 9.89. The number of rotatable bonds is 3. The van der Waals surface area contributed by atoms with Gasteiger partial charge in [-0.3, -0.25) is 4.79 Å². The number of fused-ring (bicyclic) bond motifs is 4. The Morgan fingerprint density at radius 3 is 2.63 bits per heavy atom. The van der Waals surface area contributed by atoms with Crippen LogP contribution in [0.1, 0.15) is 28.8 Å². The van der Waals surface area contributed by atoms with Crippen LogP contribution in [0.5, 0.6) is 0 Å². The molecule has 1 N–H and O–H groups in total. The minimum atomic E-state index is 0.0487. The van der Waals surface area contributed by atoms with E-state index in [9.17, 15) is 4.79 Å². The van der Waals surface area contributed by atoms with Gasteiger partial charge in [-0.25, -0.2) is 0 Å². The Bertz CT molecular complexity index is 998. The summed E-state index contributed by atoms with van der Waals surface area (Å²) in [7, 11) is 0. The largest absolute Gasteiger partial charge is 0.348 e. The van der Waals surface area contributed by atoms with Gasteiger partial charge in [0.1, 0.15) is 0 Å². The SMILES string of the molecule is Cc1cccc(-c2cccc3cc(C(=O)N[C@H]4CN5CCC4CC5)cn23)c1. The van der Waals surface area contributed by atoms with Crippen molar-refractivity contribution in [3.8, 4) is 11.3 Å². The zero-order valence-electron chi connectivity index (χ0n) is 15.7. The van der Waals surface area contributed by atoms with Crippen molar-refractivity contribution in [2.45, 2.75) is 25.8 Å². The molecule has 3 aliphatic rings. The highest BCUT2D eigenvalue weighted by Gasteiger charge is 2.35. The zero-order chi connectivity index (χ0) is 18.4. The fourth-order valence-corrected chi connectivity index (χ4v) is 4.68. The molecule has 138 valence electrons. The summed E-state index contributed by atoms with van der Waals surface area (Å²) in [5.74, 6) is 0.687. The Labute approximate surface area is 159 Å². The molecule has 5 heterocycles. The third-order valence-electron chi connectivity index (χ3n) is 6.18. The van der Waals surface area contributed by atoms with Crippen molar-refractivity contribution >= 4 is 11.4 Å². The molecule has 4 nitrogen and oxygen atoms in total. The quantitative estimate of drug-likeness (QED) is 0.773. The van der Waals surface area contributed by atoms with Crippen LogP contribution in [0.3, 0.4) is 0 Å². The fourth-order valence-electron chi connectivity index (χ4n) is 4.68. The van der Waals surface area contributed by atoms with E-state index in [4.69, 9.17) is 0 Å². The van der Waals surface area contributed by atoms with E-state index in [1.54, 1.807) is 0 Å². The predicted octanol–water partition coefficient (Wildman–Crippen LogP) is 3.74. The molecule has 6 rings (SSSR count). The van der Waals surface area contributed by atoms with E-state index in [0.29, 0.717) is 12.0 Å². The number of carbonyl (C=O) groups excluding carboxylic acids is 1. The van der Waals surface area contributed by atoms with Gasteiger partial charge in [0, 0.05) is 24.3 Å². The molecule has 0 aliphatic carbocycles. The van der Waals surface area contributed by atoms with Gasteiger partial charge < -0.3 is 14.6 Å². The Morgan fingerprint density at radius 2 is 1.89 bits per heavy atom. The normalized spacial score (nSPS) is 24.3. The van der Waals surface area contributed by atoms with Crippen molar-refractivity contribution in [1.29, 1.82) is 0 Å². The van der Waals surface area contributed by atoms with Crippen molar-refractivity contribution in [3.05, 3.63) is 65.9 Å². The predicted molar refractivity (Wildman–Crippen MR) is 108 cm³/mol. The zero-order valence-corrected chi connectivity index (χ0v) is 15.7. The number of hydrogen-bond acceptors (Lipinski definition) is 2. The standard InChI is InChI=1S/C23H25N3O/c1-16-4-2-5-18(12-16)22-7-3-6-20-13-19(14-26(20)22)23(27)24-21-15-25-10-8-17(21)9-11-25/h2-7,12-14,17,21H,8-11,15H2,1H3,(H,24,27)/t21-/m0/s1. The van der Waals surface area contributed by atoms with E-state index >= 15 is 0 Å². The molecule has 3 aliphatic heterocycles. The maximum absolute atomic E-state index is 12.9. The van der Waals surface area contributed by atoms with Gasteiger partial charge in [0.25, 0.3) is 5.91 Å².